The summed E-state index contributed by atoms with van der Waals surface area (Å²) in [4.78, 5) is 28.1. The van der Waals surface area contributed by atoms with E-state index in [2.05, 4.69) is 5.32 Å². The second-order valence-corrected chi connectivity index (χ2v) is 12.9. The zero-order valence-electron chi connectivity index (χ0n) is 21.6. The molecular weight excluding hydrogens is 569 g/mol. The van der Waals surface area contributed by atoms with Crippen molar-refractivity contribution in [2.24, 2.45) is 0 Å². The highest BCUT2D eigenvalue weighted by molar-refractivity contribution is 7.92. The van der Waals surface area contributed by atoms with E-state index in [1.54, 1.807) is 49.4 Å². The summed E-state index contributed by atoms with van der Waals surface area (Å²) in [5.41, 5.74) is 1.17. The third kappa shape index (κ3) is 8.76. The smallest absolute Gasteiger partial charge is 0.242 e. The van der Waals surface area contributed by atoms with Crippen molar-refractivity contribution in [3.8, 4) is 0 Å². The van der Waals surface area contributed by atoms with Crippen molar-refractivity contribution in [1.29, 1.82) is 0 Å². The third-order valence-electron chi connectivity index (χ3n) is 6.70. The largest absolute Gasteiger partial charge is 0.352 e. The number of halogens is 3. The van der Waals surface area contributed by atoms with Gasteiger partial charge < -0.3 is 10.2 Å². The van der Waals surface area contributed by atoms with Crippen molar-refractivity contribution in [1.82, 2.24) is 10.2 Å². The Morgan fingerprint density at radius 3 is 2.37 bits per heavy atom. The highest BCUT2D eigenvalue weighted by atomic mass is 35.5. The van der Waals surface area contributed by atoms with Crippen LogP contribution in [0.25, 0.3) is 0 Å². The van der Waals surface area contributed by atoms with Gasteiger partial charge in [-0.25, -0.2) is 8.42 Å². The van der Waals surface area contributed by atoms with Gasteiger partial charge in [0, 0.05) is 30.6 Å². The van der Waals surface area contributed by atoms with Crippen LogP contribution < -0.4 is 9.62 Å². The quantitative estimate of drug-likeness (QED) is 0.339. The average molecular weight is 603 g/mol. The fourth-order valence-electron chi connectivity index (χ4n) is 4.62. The molecule has 0 heterocycles. The first-order valence-corrected chi connectivity index (χ1v) is 15.7. The van der Waals surface area contributed by atoms with Crippen molar-refractivity contribution < 1.29 is 18.0 Å². The van der Waals surface area contributed by atoms with Crippen LogP contribution in [0.3, 0.4) is 0 Å². The summed E-state index contributed by atoms with van der Waals surface area (Å²) in [6, 6.07) is 11.1. The van der Waals surface area contributed by atoms with Gasteiger partial charge in [0.2, 0.25) is 21.8 Å². The van der Waals surface area contributed by atoms with E-state index in [1.165, 1.54) is 15.6 Å². The van der Waals surface area contributed by atoms with Crippen LogP contribution in [0.15, 0.2) is 42.5 Å². The van der Waals surface area contributed by atoms with Crippen LogP contribution >= 0.6 is 34.8 Å². The minimum absolute atomic E-state index is 0.0506. The zero-order chi connectivity index (χ0) is 27.9. The molecule has 0 spiro atoms. The second-order valence-electron chi connectivity index (χ2n) is 9.71. The number of rotatable bonds is 11. The van der Waals surface area contributed by atoms with Gasteiger partial charge in [-0.1, -0.05) is 66.2 Å². The summed E-state index contributed by atoms with van der Waals surface area (Å²) in [5.74, 6) is -0.469. The predicted molar refractivity (Wildman–Crippen MR) is 154 cm³/mol. The molecule has 0 saturated heterocycles. The van der Waals surface area contributed by atoms with Crippen LogP contribution in [-0.2, 0) is 26.2 Å². The number of benzene rings is 2. The third-order valence-corrected chi connectivity index (χ3v) is 8.87. The van der Waals surface area contributed by atoms with E-state index >= 15 is 0 Å². The Morgan fingerprint density at radius 1 is 1.03 bits per heavy atom. The number of nitrogens with zero attached hydrogens (tertiary/aromatic N) is 2. The van der Waals surface area contributed by atoms with E-state index in [4.69, 9.17) is 34.8 Å². The highest BCUT2D eigenvalue weighted by Crippen LogP contribution is 2.25. The van der Waals surface area contributed by atoms with Gasteiger partial charge in [-0.2, -0.15) is 0 Å². The van der Waals surface area contributed by atoms with Crippen molar-refractivity contribution in [3.05, 3.63) is 63.1 Å². The molecule has 208 valence electrons. The molecule has 1 saturated carbocycles. The lowest BCUT2D eigenvalue weighted by molar-refractivity contribution is -0.141. The monoisotopic (exact) mass is 601 g/mol. The van der Waals surface area contributed by atoms with Crippen LogP contribution in [0.4, 0.5) is 5.69 Å². The summed E-state index contributed by atoms with van der Waals surface area (Å²) in [5, 5.41) is 4.28. The average Bonchev–Trinajstić information content (AvgIpc) is 2.86. The van der Waals surface area contributed by atoms with E-state index in [1.807, 2.05) is 0 Å². The molecule has 2 amide bonds. The molecule has 1 aliphatic carbocycles. The number of anilines is 1. The van der Waals surface area contributed by atoms with Crippen LogP contribution in [0.2, 0.25) is 15.1 Å². The van der Waals surface area contributed by atoms with Gasteiger partial charge in [-0.05, 0) is 62.1 Å². The first-order valence-electron chi connectivity index (χ1n) is 12.7. The topological polar surface area (TPSA) is 86.8 Å². The van der Waals surface area contributed by atoms with Gasteiger partial charge in [-0.3, -0.25) is 13.9 Å². The fourth-order valence-corrected chi connectivity index (χ4v) is 6.08. The van der Waals surface area contributed by atoms with Crippen molar-refractivity contribution in [3.63, 3.8) is 0 Å². The van der Waals surface area contributed by atoms with Crippen LogP contribution in [0.1, 0.15) is 57.4 Å². The molecule has 2 aromatic rings. The van der Waals surface area contributed by atoms with Crippen LogP contribution in [0.5, 0.6) is 0 Å². The number of carbonyl (C=O) groups excluding carboxylic acids is 2. The molecule has 7 nitrogen and oxygen atoms in total. The molecule has 0 aliphatic heterocycles. The van der Waals surface area contributed by atoms with E-state index in [0.717, 1.165) is 37.5 Å². The van der Waals surface area contributed by atoms with Crippen LogP contribution in [0, 0.1) is 0 Å². The van der Waals surface area contributed by atoms with Crippen molar-refractivity contribution in [2.75, 3.05) is 17.1 Å². The lowest BCUT2D eigenvalue weighted by atomic mass is 9.95. The molecule has 2 aromatic carbocycles. The molecule has 1 fully saturated rings. The number of sulfonamides is 1. The Balaban J connectivity index is 1.74. The van der Waals surface area contributed by atoms with Gasteiger partial charge in [0.05, 0.1) is 22.0 Å². The molecule has 3 rings (SSSR count). The molecule has 0 bridgehead atoms. The summed E-state index contributed by atoms with van der Waals surface area (Å²) in [6.07, 6.45) is 6.62. The van der Waals surface area contributed by atoms with Gasteiger partial charge in [0.1, 0.15) is 6.04 Å². The van der Waals surface area contributed by atoms with Gasteiger partial charge in [0.25, 0.3) is 0 Å². The minimum atomic E-state index is -3.60. The number of nitrogens with one attached hydrogen (secondary N) is 1. The minimum Gasteiger partial charge on any atom is -0.352 e. The molecular formula is C27H34Cl3N3O4S. The maximum atomic E-state index is 13.5. The molecule has 38 heavy (non-hydrogen) atoms. The van der Waals surface area contributed by atoms with E-state index < -0.39 is 16.1 Å². The molecule has 1 aliphatic rings. The Kier molecular flexibility index (Phi) is 11.2. The molecule has 11 heteroatoms. The fraction of sp³-hybridized carbons (Fsp3) is 0.481. The Hall–Kier alpha value is -2.00. The lowest BCUT2D eigenvalue weighted by Crippen LogP contribution is -2.50. The second kappa shape index (κ2) is 13.9. The van der Waals surface area contributed by atoms with E-state index in [-0.39, 0.29) is 43.8 Å². The standard InChI is InChI=1S/C27H34Cl3N3O4S/c1-19(27(35)31-22-9-4-3-5-10-22)32(18-20-13-14-24(29)25(30)16-20)26(34)12-7-15-33(38(2,36)37)23-11-6-8-21(28)17-23/h6,8,11,13-14,16-17,19,22H,3-5,7,9-10,12,15,18H2,1-2H3,(H,31,35)/t19-/m0/s1. The molecule has 0 radical (unpaired) electrons. The first-order chi connectivity index (χ1) is 18.0. The lowest BCUT2D eigenvalue weighted by Gasteiger charge is -2.31. The molecule has 1 N–H and O–H groups in total. The van der Waals surface area contributed by atoms with Crippen LogP contribution in [-0.4, -0.2) is 50.0 Å². The van der Waals surface area contributed by atoms with Gasteiger partial charge >= 0.3 is 0 Å². The summed E-state index contributed by atoms with van der Waals surface area (Å²) in [6.45, 7) is 1.97. The van der Waals surface area contributed by atoms with E-state index in [0.29, 0.717) is 20.8 Å². The molecule has 0 aromatic heterocycles. The Bertz CT molecular complexity index is 1240. The maximum absolute atomic E-state index is 13.5. The SMILES string of the molecule is C[C@@H](C(=O)NC1CCCCC1)N(Cc1ccc(Cl)c(Cl)c1)C(=O)CCCN(c1cccc(Cl)c1)S(C)(=O)=O. The van der Waals surface area contributed by atoms with Crippen molar-refractivity contribution in [2.45, 2.75) is 70.5 Å². The number of carbonyl (C=O) groups is 2. The van der Waals surface area contributed by atoms with E-state index in [9.17, 15) is 18.0 Å². The number of amides is 2. The zero-order valence-corrected chi connectivity index (χ0v) is 24.7. The Labute approximate surface area is 240 Å². The normalized spacial score (nSPS) is 15.1. The summed E-state index contributed by atoms with van der Waals surface area (Å²) in [7, 11) is -3.60. The first kappa shape index (κ1) is 30.5. The van der Waals surface area contributed by atoms with Gasteiger partial charge in [0.15, 0.2) is 0 Å². The number of hydrogen-bond donors (Lipinski definition) is 1. The summed E-state index contributed by atoms with van der Waals surface area (Å²) >= 11 is 18.3. The number of hydrogen-bond acceptors (Lipinski definition) is 4. The Morgan fingerprint density at radius 2 is 1.74 bits per heavy atom. The molecule has 1 atom stereocenters. The van der Waals surface area contributed by atoms with Crippen molar-refractivity contribution >= 4 is 62.3 Å². The summed E-state index contributed by atoms with van der Waals surface area (Å²) < 4.78 is 26.1. The van der Waals surface area contributed by atoms with Gasteiger partial charge in [-0.15, -0.1) is 0 Å². The predicted octanol–water partition coefficient (Wildman–Crippen LogP) is 6.06. The highest BCUT2D eigenvalue weighted by Gasteiger charge is 2.28. The maximum Gasteiger partial charge on any atom is 0.242 e. The molecule has 0 unspecified atom stereocenters.